The second-order valence-corrected chi connectivity index (χ2v) is 12.9. The molecular formula is C31H50N4O6. The molecule has 3 amide bonds. The van der Waals surface area contributed by atoms with Gasteiger partial charge in [0.25, 0.3) is 0 Å². The highest BCUT2D eigenvalue weighted by Gasteiger charge is 2.39. The molecule has 10 heteroatoms. The van der Waals surface area contributed by atoms with E-state index in [0.717, 1.165) is 49.8 Å². The molecule has 3 rings (SSSR count). The number of likely N-dealkylation sites (N-methyl/N-ethyl adjacent to an activating group) is 1. The minimum Gasteiger partial charge on any atom is -0.497 e. The van der Waals surface area contributed by atoms with E-state index >= 15 is 0 Å². The molecule has 1 aliphatic carbocycles. The molecular weight excluding hydrogens is 524 g/mol. The number of benzene rings is 1. The molecule has 10 nitrogen and oxygen atoms in total. The summed E-state index contributed by atoms with van der Waals surface area (Å²) < 4.78 is 5.19. The van der Waals surface area contributed by atoms with Crippen molar-refractivity contribution in [2.45, 2.75) is 90.4 Å². The molecule has 2 fully saturated rings. The lowest BCUT2D eigenvalue weighted by atomic mass is 9.83. The summed E-state index contributed by atoms with van der Waals surface area (Å²) in [5.74, 6) is 0.413. The fourth-order valence-electron chi connectivity index (χ4n) is 6.19. The van der Waals surface area contributed by atoms with Gasteiger partial charge in [0.15, 0.2) is 0 Å². The first-order valence-electron chi connectivity index (χ1n) is 14.9. The highest BCUT2D eigenvalue weighted by atomic mass is 16.5. The van der Waals surface area contributed by atoms with Gasteiger partial charge in [-0.3, -0.25) is 24.5 Å². The minimum atomic E-state index is -0.950. The first kappa shape index (κ1) is 32.8. The van der Waals surface area contributed by atoms with Crippen molar-refractivity contribution in [3.05, 3.63) is 29.8 Å². The molecule has 3 atom stereocenters. The summed E-state index contributed by atoms with van der Waals surface area (Å²) in [7, 11) is 3.48. The molecule has 1 saturated carbocycles. The average Bonchev–Trinajstić information content (AvgIpc) is 3.47. The third kappa shape index (κ3) is 9.41. The summed E-state index contributed by atoms with van der Waals surface area (Å²) in [6.45, 7) is 7.06. The Morgan fingerprint density at radius 2 is 1.73 bits per heavy atom. The van der Waals surface area contributed by atoms with Crippen molar-refractivity contribution in [2.75, 3.05) is 33.8 Å². The number of hydrogen-bond acceptors (Lipinski definition) is 7. The van der Waals surface area contributed by atoms with Gasteiger partial charge >= 0.3 is 0 Å². The molecule has 1 aromatic carbocycles. The molecule has 230 valence electrons. The van der Waals surface area contributed by atoms with E-state index in [1.165, 1.54) is 0 Å². The van der Waals surface area contributed by atoms with E-state index in [-0.39, 0.29) is 24.4 Å². The Labute approximate surface area is 245 Å². The third-order valence-electron chi connectivity index (χ3n) is 8.85. The van der Waals surface area contributed by atoms with Gasteiger partial charge in [0.1, 0.15) is 12.0 Å². The number of rotatable bonds is 13. The standard InChI is InChI=1S/C31H50N4O6/c1-31(2,3)28(32-29(38)24(20-35(40)21-36)18-22-8-6-7-9-22)30(39)33(4)25-14-16-34(17-15-25)27(37)19-23-10-12-26(41-5)13-11-23/h10-13,21-22,24-25,28,30,39-40H,6-9,14-20H2,1-5H3,(H,32,38)/t24-,28-,30?/m1/s1. The van der Waals surface area contributed by atoms with Crippen molar-refractivity contribution in [1.29, 1.82) is 0 Å². The molecule has 0 spiro atoms. The molecule has 1 aromatic rings. The fourth-order valence-corrected chi connectivity index (χ4v) is 6.19. The summed E-state index contributed by atoms with van der Waals surface area (Å²) in [5, 5.41) is 25.0. The number of ether oxygens (including phenoxy) is 1. The van der Waals surface area contributed by atoms with Crippen LogP contribution in [-0.2, 0) is 20.8 Å². The number of hydroxylamine groups is 2. The average molecular weight is 575 g/mol. The van der Waals surface area contributed by atoms with E-state index in [1.54, 1.807) is 7.11 Å². The Balaban J connectivity index is 1.59. The monoisotopic (exact) mass is 574 g/mol. The van der Waals surface area contributed by atoms with Crippen LogP contribution >= 0.6 is 0 Å². The number of methoxy groups -OCH3 is 1. The van der Waals surface area contributed by atoms with E-state index in [2.05, 4.69) is 5.32 Å². The largest absolute Gasteiger partial charge is 0.497 e. The van der Waals surface area contributed by atoms with Crippen LogP contribution in [0.3, 0.4) is 0 Å². The maximum absolute atomic E-state index is 13.5. The zero-order valence-corrected chi connectivity index (χ0v) is 25.4. The van der Waals surface area contributed by atoms with Gasteiger partial charge in [-0.1, -0.05) is 58.6 Å². The molecule has 0 bridgehead atoms. The Morgan fingerprint density at radius 3 is 2.27 bits per heavy atom. The molecule has 0 radical (unpaired) electrons. The quantitative estimate of drug-likeness (QED) is 0.143. The maximum Gasteiger partial charge on any atom is 0.233 e. The third-order valence-corrected chi connectivity index (χ3v) is 8.85. The van der Waals surface area contributed by atoms with Crippen molar-refractivity contribution >= 4 is 18.2 Å². The minimum absolute atomic E-state index is 0.0501. The number of nitrogens with zero attached hydrogens (tertiary/aromatic N) is 3. The van der Waals surface area contributed by atoms with Gasteiger partial charge in [-0.15, -0.1) is 0 Å². The second kappa shape index (κ2) is 15.0. The summed E-state index contributed by atoms with van der Waals surface area (Å²) in [6, 6.07) is 7.00. The van der Waals surface area contributed by atoms with Gasteiger partial charge in [-0.05, 0) is 55.3 Å². The molecule has 2 aliphatic rings. The summed E-state index contributed by atoms with van der Waals surface area (Å²) in [4.78, 5) is 41.3. The summed E-state index contributed by atoms with van der Waals surface area (Å²) in [6.07, 6.45) is 6.11. The number of amides is 3. The van der Waals surface area contributed by atoms with Crippen LogP contribution in [0.1, 0.15) is 71.3 Å². The number of likely N-dealkylation sites (tertiary alicyclic amines) is 1. The van der Waals surface area contributed by atoms with Gasteiger partial charge in [-0.25, -0.2) is 5.06 Å². The SMILES string of the molecule is COc1ccc(CC(=O)N2CCC(N(C)C(O)[C@@H](NC(=O)[C@H](CC3CCCC3)CN(O)C=O)C(C)(C)C)CC2)cc1. The molecule has 0 aromatic heterocycles. The normalized spacial score (nSPS) is 19.1. The smallest absolute Gasteiger partial charge is 0.233 e. The molecule has 1 unspecified atom stereocenters. The Bertz CT molecular complexity index is 983. The highest BCUT2D eigenvalue weighted by molar-refractivity contribution is 5.80. The number of carbonyl (C=O) groups excluding carboxylic acids is 3. The lowest BCUT2D eigenvalue weighted by Crippen LogP contribution is -2.60. The van der Waals surface area contributed by atoms with E-state index in [4.69, 9.17) is 4.74 Å². The van der Waals surface area contributed by atoms with Gasteiger partial charge in [-0.2, -0.15) is 0 Å². The zero-order chi connectivity index (χ0) is 30.2. The highest BCUT2D eigenvalue weighted by Crippen LogP contribution is 2.32. The van der Waals surface area contributed by atoms with Crippen LogP contribution < -0.4 is 10.1 Å². The van der Waals surface area contributed by atoms with E-state index in [9.17, 15) is 24.7 Å². The first-order valence-corrected chi connectivity index (χ1v) is 14.9. The summed E-state index contributed by atoms with van der Waals surface area (Å²) >= 11 is 0. The topological polar surface area (TPSA) is 123 Å². The second-order valence-electron chi connectivity index (χ2n) is 12.9. The number of hydrogen-bond donors (Lipinski definition) is 3. The van der Waals surface area contributed by atoms with Crippen LogP contribution in [0, 0.1) is 17.3 Å². The number of aliphatic hydroxyl groups excluding tert-OH is 1. The number of piperidine rings is 1. The zero-order valence-electron chi connectivity index (χ0n) is 25.4. The molecule has 3 N–H and O–H groups in total. The van der Waals surface area contributed by atoms with E-state index < -0.39 is 23.6 Å². The van der Waals surface area contributed by atoms with Crippen molar-refractivity contribution < 1.29 is 29.4 Å². The fraction of sp³-hybridized carbons (Fsp3) is 0.710. The van der Waals surface area contributed by atoms with Crippen molar-refractivity contribution in [2.24, 2.45) is 17.3 Å². The number of carbonyl (C=O) groups is 3. The molecule has 1 saturated heterocycles. The van der Waals surface area contributed by atoms with E-state index in [0.29, 0.717) is 43.3 Å². The Kier molecular flexibility index (Phi) is 12.0. The number of nitrogens with one attached hydrogen (secondary N) is 1. The maximum atomic E-state index is 13.5. The molecule has 41 heavy (non-hydrogen) atoms. The predicted octanol–water partition coefficient (Wildman–Crippen LogP) is 3.05. The van der Waals surface area contributed by atoms with Crippen molar-refractivity contribution in [3.63, 3.8) is 0 Å². The van der Waals surface area contributed by atoms with Gasteiger partial charge < -0.3 is 20.1 Å². The van der Waals surface area contributed by atoms with E-state index in [1.807, 2.05) is 61.9 Å². The number of aliphatic hydroxyl groups is 1. The van der Waals surface area contributed by atoms with Crippen molar-refractivity contribution in [3.8, 4) is 5.75 Å². The van der Waals surface area contributed by atoms with Crippen LogP contribution in [0.5, 0.6) is 5.75 Å². The van der Waals surface area contributed by atoms with Crippen molar-refractivity contribution in [1.82, 2.24) is 20.2 Å². The molecule has 1 heterocycles. The van der Waals surface area contributed by atoms with Gasteiger partial charge in [0.05, 0.1) is 32.0 Å². The summed E-state index contributed by atoms with van der Waals surface area (Å²) in [5.41, 5.74) is 0.484. The van der Waals surface area contributed by atoms with Gasteiger partial charge in [0.2, 0.25) is 18.2 Å². The Morgan fingerprint density at radius 1 is 1.12 bits per heavy atom. The predicted molar refractivity (Wildman–Crippen MR) is 156 cm³/mol. The van der Waals surface area contributed by atoms with Gasteiger partial charge in [0, 0.05) is 19.1 Å². The van der Waals surface area contributed by atoms with Crippen LogP contribution in [0.25, 0.3) is 0 Å². The lowest BCUT2D eigenvalue weighted by Gasteiger charge is -2.44. The Hall–Kier alpha value is -2.69. The van der Waals surface area contributed by atoms with Crippen LogP contribution in [0.2, 0.25) is 0 Å². The lowest BCUT2D eigenvalue weighted by molar-refractivity contribution is -0.156. The van der Waals surface area contributed by atoms with Crippen LogP contribution in [0.15, 0.2) is 24.3 Å². The van der Waals surface area contributed by atoms with Crippen LogP contribution in [0.4, 0.5) is 0 Å². The first-order chi connectivity index (χ1) is 19.4. The molecule has 1 aliphatic heterocycles. The van der Waals surface area contributed by atoms with Crippen LogP contribution in [-0.4, -0.2) is 95.5 Å².